The van der Waals surface area contributed by atoms with Gasteiger partial charge in [0.2, 0.25) is 0 Å². The molecule has 3 aromatic rings. The molecule has 0 spiro atoms. The summed E-state index contributed by atoms with van der Waals surface area (Å²) in [6.07, 6.45) is 1.75. The second kappa shape index (κ2) is 8.68. The average molecular weight is 382 g/mol. The third-order valence-corrected chi connectivity index (χ3v) is 5.11. The van der Waals surface area contributed by atoms with Crippen LogP contribution >= 0.6 is 11.3 Å². The Morgan fingerprint density at radius 2 is 1.93 bits per heavy atom. The number of carbonyl (C=O) groups excluding carboxylic acids is 1. The maximum atomic E-state index is 13.0. The molecule has 5 nitrogen and oxygen atoms in total. The molecule has 0 saturated heterocycles. The molecule has 2 aromatic heterocycles. The van der Waals surface area contributed by atoms with Crippen molar-refractivity contribution in [2.45, 2.75) is 13.5 Å². The summed E-state index contributed by atoms with van der Waals surface area (Å²) < 4.78 is 10.6. The quantitative estimate of drug-likeness (QED) is 0.542. The normalized spacial score (nSPS) is 10.5. The summed E-state index contributed by atoms with van der Waals surface area (Å²) in [5.74, 6) is 1.96. The average Bonchev–Trinajstić information content (AvgIpc) is 3.20. The molecule has 2 heterocycles. The van der Waals surface area contributed by atoms with Gasteiger partial charge in [0.1, 0.15) is 5.82 Å². The lowest BCUT2D eigenvalue weighted by Crippen LogP contribution is -2.30. The lowest BCUT2D eigenvalue weighted by Gasteiger charge is -2.24. The fourth-order valence-corrected chi connectivity index (χ4v) is 3.60. The number of rotatable bonds is 8. The molecule has 3 rings (SSSR count). The highest BCUT2D eigenvalue weighted by atomic mass is 32.1. The molecule has 1 aromatic carbocycles. The van der Waals surface area contributed by atoms with Gasteiger partial charge in [0, 0.05) is 16.6 Å². The third-order valence-electron chi connectivity index (χ3n) is 4.25. The molecule has 0 aliphatic rings. The van der Waals surface area contributed by atoms with Crippen molar-refractivity contribution >= 4 is 22.9 Å². The van der Waals surface area contributed by atoms with Crippen LogP contribution in [0.4, 0.5) is 5.82 Å². The van der Waals surface area contributed by atoms with E-state index < -0.39 is 0 Å². The van der Waals surface area contributed by atoms with E-state index in [2.05, 4.69) is 11.1 Å². The maximum Gasteiger partial charge on any atom is 0.182 e. The lowest BCUT2D eigenvalue weighted by atomic mass is 10.1. The molecule has 0 aliphatic heterocycles. The number of carbonyl (C=O) groups is 1. The zero-order valence-corrected chi connectivity index (χ0v) is 16.5. The zero-order chi connectivity index (χ0) is 19.2. The summed E-state index contributed by atoms with van der Waals surface area (Å²) in [4.78, 5) is 20.7. The van der Waals surface area contributed by atoms with Gasteiger partial charge in [-0.15, -0.1) is 11.3 Å². The Balaban J connectivity index is 1.87. The third kappa shape index (κ3) is 4.46. The van der Waals surface area contributed by atoms with Crippen molar-refractivity contribution in [2.75, 3.05) is 25.7 Å². The van der Waals surface area contributed by atoms with Gasteiger partial charge in [0.15, 0.2) is 17.3 Å². The SMILES string of the molecule is COc1ccc(C(=O)CN(Cc2cccs2)c2ncccc2C)cc1OC. The largest absolute Gasteiger partial charge is 0.493 e. The van der Waals surface area contributed by atoms with E-state index in [4.69, 9.17) is 9.47 Å². The number of aromatic nitrogens is 1. The van der Waals surface area contributed by atoms with Crippen LogP contribution in [0.5, 0.6) is 11.5 Å². The number of nitrogens with zero attached hydrogens (tertiary/aromatic N) is 2. The van der Waals surface area contributed by atoms with E-state index in [1.165, 1.54) is 4.88 Å². The van der Waals surface area contributed by atoms with Crippen molar-refractivity contribution in [1.29, 1.82) is 0 Å². The van der Waals surface area contributed by atoms with Crippen LogP contribution < -0.4 is 14.4 Å². The van der Waals surface area contributed by atoms with E-state index in [0.29, 0.717) is 23.6 Å². The van der Waals surface area contributed by atoms with Crippen molar-refractivity contribution in [1.82, 2.24) is 4.98 Å². The Morgan fingerprint density at radius 3 is 2.59 bits per heavy atom. The Kier molecular flexibility index (Phi) is 6.08. The van der Waals surface area contributed by atoms with Gasteiger partial charge in [0.05, 0.1) is 27.3 Å². The lowest BCUT2D eigenvalue weighted by molar-refractivity contribution is 0.0998. The van der Waals surface area contributed by atoms with E-state index in [9.17, 15) is 4.79 Å². The molecule has 0 atom stereocenters. The van der Waals surface area contributed by atoms with Crippen molar-refractivity contribution < 1.29 is 14.3 Å². The Morgan fingerprint density at radius 1 is 1.11 bits per heavy atom. The van der Waals surface area contributed by atoms with E-state index >= 15 is 0 Å². The van der Waals surface area contributed by atoms with Crippen LogP contribution in [0.3, 0.4) is 0 Å². The monoisotopic (exact) mass is 382 g/mol. The number of pyridine rings is 1. The van der Waals surface area contributed by atoms with Gasteiger partial charge in [-0.1, -0.05) is 12.1 Å². The highest BCUT2D eigenvalue weighted by Crippen LogP contribution is 2.28. The Labute approximate surface area is 163 Å². The molecule has 0 amide bonds. The molecule has 0 unspecified atom stereocenters. The van der Waals surface area contributed by atoms with E-state index in [0.717, 1.165) is 11.4 Å². The van der Waals surface area contributed by atoms with Crippen molar-refractivity contribution in [3.63, 3.8) is 0 Å². The number of ketones is 1. The number of hydrogen-bond donors (Lipinski definition) is 0. The van der Waals surface area contributed by atoms with E-state index in [1.807, 2.05) is 35.4 Å². The van der Waals surface area contributed by atoms with E-state index in [-0.39, 0.29) is 12.3 Å². The number of benzene rings is 1. The summed E-state index contributed by atoms with van der Waals surface area (Å²) in [7, 11) is 3.14. The molecule has 6 heteroatoms. The second-order valence-electron chi connectivity index (χ2n) is 6.07. The van der Waals surface area contributed by atoms with Crippen LogP contribution in [0.15, 0.2) is 54.0 Å². The summed E-state index contributed by atoms with van der Waals surface area (Å²) in [5.41, 5.74) is 1.62. The van der Waals surface area contributed by atoms with Crippen LogP contribution in [0, 0.1) is 6.92 Å². The minimum atomic E-state index is -0.00226. The molecule has 27 heavy (non-hydrogen) atoms. The molecule has 0 aliphatic carbocycles. The summed E-state index contributed by atoms with van der Waals surface area (Å²) in [6, 6.07) is 13.2. The first kappa shape index (κ1) is 18.9. The highest BCUT2D eigenvalue weighted by molar-refractivity contribution is 7.09. The standard InChI is InChI=1S/C21H22N2O3S/c1-15-6-4-10-22-21(15)23(13-17-7-5-11-27-17)14-18(24)16-8-9-19(25-2)20(12-16)26-3/h4-12H,13-14H2,1-3H3. The topological polar surface area (TPSA) is 51.7 Å². The van der Waals surface area contributed by atoms with Crippen LogP contribution in [0.1, 0.15) is 20.8 Å². The molecular formula is C21H22N2O3S. The van der Waals surface area contributed by atoms with Gasteiger partial charge < -0.3 is 14.4 Å². The summed E-state index contributed by atoms with van der Waals surface area (Å²) >= 11 is 1.67. The molecule has 0 bridgehead atoms. The molecule has 0 N–H and O–H groups in total. The number of thiophene rings is 1. The summed E-state index contributed by atoms with van der Waals surface area (Å²) in [5, 5.41) is 2.04. The number of hydrogen-bond acceptors (Lipinski definition) is 6. The molecule has 0 saturated carbocycles. The minimum absolute atomic E-state index is 0.00226. The number of aryl methyl sites for hydroxylation is 1. The molecule has 0 fully saturated rings. The first-order valence-electron chi connectivity index (χ1n) is 8.56. The van der Waals surface area contributed by atoms with Gasteiger partial charge in [-0.05, 0) is 48.2 Å². The molecule has 0 radical (unpaired) electrons. The van der Waals surface area contributed by atoms with Crippen LogP contribution in [-0.4, -0.2) is 31.5 Å². The Hall–Kier alpha value is -2.86. The van der Waals surface area contributed by atoms with Gasteiger partial charge in [-0.3, -0.25) is 4.79 Å². The van der Waals surface area contributed by atoms with Crippen molar-refractivity contribution in [3.05, 3.63) is 70.0 Å². The second-order valence-corrected chi connectivity index (χ2v) is 7.10. The smallest absolute Gasteiger partial charge is 0.182 e. The highest BCUT2D eigenvalue weighted by Gasteiger charge is 2.18. The first-order chi connectivity index (χ1) is 13.1. The fourth-order valence-electron chi connectivity index (χ4n) is 2.88. The summed E-state index contributed by atoms with van der Waals surface area (Å²) in [6.45, 7) is 2.87. The predicted octanol–water partition coefficient (Wildman–Crippen LogP) is 4.36. The number of methoxy groups -OCH3 is 2. The van der Waals surface area contributed by atoms with Crippen LogP contribution in [0.2, 0.25) is 0 Å². The van der Waals surface area contributed by atoms with Crippen molar-refractivity contribution in [3.8, 4) is 11.5 Å². The van der Waals surface area contributed by atoms with Crippen molar-refractivity contribution in [2.24, 2.45) is 0 Å². The minimum Gasteiger partial charge on any atom is -0.493 e. The molecule has 140 valence electrons. The Bertz CT molecular complexity index is 910. The number of Topliss-reactive ketones (excluding diaryl/α,β-unsaturated/α-hetero) is 1. The van der Waals surface area contributed by atoms with Crippen LogP contribution in [-0.2, 0) is 6.54 Å². The fraction of sp³-hybridized carbons (Fsp3) is 0.238. The van der Waals surface area contributed by atoms with Gasteiger partial charge in [-0.25, -0.2) is 4.98 Å². The zero-order valence-electron chi connectivity index (χ0n) is 15.6. The number of anilines is 1. The van der Waals surface area contributed by atoms with Crippen LogP contribution in [0.25, 0.3) is 0 Å². The first-order valence-corrected chi connectivity index (χ1v) is 9.44. The number of ether oxygens (including phenoxy) is 2. The van der Waals surface area contributed by atoms with Gasteiger partial charge in [0.25, 0.3) is 0 Å². The van der Waals surface area contributed by atoms with Gasteiger partial charge in [-0.2, -0.15) is 0 Å². The molecular weight excluding hydrogens is 360 g/mol. The predicted molar refractivity (Wildman–Crippen MR) is 108 cm³/mol. The van der Waals surface area contributed by atoms with Gasteiger partial charge >= 0.3 is 0 Å². The maximum absolute atomic E-state index is 13.0. The van der Waals surface area contributed by atoms with E-state index in [1.54, 1.807) is 50.0 Å².